The molecule has 2 heterocycles. The third-order valence-corrected chi connectivity index (χ3v) is 3.02. The van der Waals surface area contributed by atoms with Gasteiger partial charge in [0.25, 0.3) is 0 Å². The molecule has 2 aromatic rings. The van der Waals surface area contributed by atoms with Crippen LogP contribution in [0.15, 0.2) is 40.2 Å². The summed E-state index contributed by atoms with van der Waals surface area (Å²) >= 11 is 0. The van der Waals surface area contributed by atoms with Crippen molar-refractivity contribution in [2.24, 2.45) is 12.0 Å². The zero-order chi connectivity index (χ0) is 14.9. The number of rotatable bonds is 7. The molecule has 6 heteroatoms. The predicted molar refractivity (Wildman–Crippen MR) is 83.3 cm³/mol. The lowest BCUT2D eigenvalue weighted by Crippen LogP contribution is -2.38. The van der Waals surface area contributed by atoms with Crippen molar-refractivity contribution in [2.75, 3.05) is 19.6 Å². The number of furan rings is 1. The second-order valence-corrected chi connectivity index (χ2v) is 4.79. The molecule has 0 unspecified atom stereocenters. The van der Waals surface area contributed by atoms with Gasteiger partial charge in [-0.15, -0.1) is 0 Å². The monoisotopic (exact) mass is 289 g/mol. The van der Waals surface area contributed by atoms with Crippen molar-refractivity contribution >= 4 is 5.96 Å². The van der Waals surface area contributed by atoms with Crippen molar-refractivity contribution in [3.8, 4) is 0 Å². The van der Waals surface area contributed by atoms with Gasteiger partial charge in [0.2, 0.25) is 0 Å². The molecule has 0 saturated heterocycles. The molecule has 0 saturated carbocycles. The maximum absolute atomic E-state index is 5.30. The molecule has 0 bridgehead atoms. The van der Waals surface area contributed by atoms with Crippen molar-refractivity contribution in [3.05, 3.63) is 42.1 Å². The third-order valence-electron chi connectivity index (χ3n) is 3.02. The van der Waals surface area contributed by atoms with Crippen LogP contribution < -0.4 is 10.6 Å². The van der Waals surface area contributed by atoms with Gasteiger partial charge in [0, 0.05) is 39.3 Å². The van der Waals surface area contributed by atoms with E-state index < -0.39 is 0 Å². The highest BCUT2D eigenvalue weighted by atomic mass is 16.3. The minimum atomic E-state index is 0.704. The van der Waals surface area contributed by atoms with Crippen LogP contribution >= 0.6 is 0 Å². The summed E-state index contributed by atoms with van der Waals surface area (Å²) in [6, 6.07) is 3.87. The van der Waals surface area contributed by atoms with Crippen molar-refractivity contribution in [1.29, 1.82) is 0 Å². The Labute approximate surface area is 125 Å². The van der Waals surface area contributed by atoms with Crippen LogP contribution in [-0.4, -0.2) is 35.4 Å². The predicted octanol–water partition coefficient (Wildman–Crippen LogP) is 1.35. The largest absolute Gasteiger partial charge is 0.469 e. The van der Waals surface area contributed by atoms with E-state index in [1.165, 1.54) is 5.56 Å². The summed E-state index contributed by atoms with van der Waals surface area (Å²) in [7, 11) is 1.93. The Balaban J connectivity index is 1.75. The van der Waals surface area contributed by atoms with Crippen LogP contribution in [0.3, 0.4) is 0 Å². The number of aromatic nitrogens is 2. The molecule has 2 N–H and O–H groups in total. The van der Waals surface area contributed by atoms with Crippen LogP contribution in [0, 0.1) is 0 Å². The maximum Gasteiger partial charge on any atom is 0.191 e. The van der Waals surface area contributed by atoms with Gasteiger partial charge >= 0.3 is 0 Å². The van der Waals surface area contributed by atoms with Gasteiger partial charge < -0.3 is 15.1 Å². The van der Waals surface area contributed by atoms with Crippen molar-refractivity contribution in [3.63, 3.8) is 0 Å². The van der Waals surface area contributed by atoms with Crippen LogP contribution in [0.1, 0.15) is 18.2 Å². The second-order valence-electron chi connectivity index (χ2n) is 4.79. The molecule has 0 radical (unpaired) electrons. The molecule has 0 aliphatic rings. The number of nitrogens with zero attached hydrogens (tertiary/aromatic N) is 3. The molecule has 0 aliphatic heterocycles. The number of hydrogen-bond donors (Lipinski definition) is 2. The number of guanidine groups is 1. The average molecular weight is 289 g/mol. The standard InChI is InChI=1S/C15H23N5O/c1-3-16-15(18-9-7-14-5-4-10-21-14)17-8-6-13-11-19-20(2)12-13/h4-5,10-12H,3,6-9H2,1-2H3,(H2,16,17,18). The normalized spacial score (nSPS) is 11.6. The fraction of sp³-hybridized carbons (Fsp3) is 0.467. The number of aryl methyl sites for hydroxylation is 1. The quantitative estimate of drug-likeness (QED) is 0.596. The molecular formula is C15H23N5O. The first-order valence-electron chi connectivity index (χ1n) is 7.30. The van der Waals surface area contributed by atoms with E-state index in [2.05, 4.69) is 27.6 Å². The molecule has 0 atom stereocenters. The fourth-order valence-corrected chi connectivity index (χ4v) is 2.00. The lowest BCUT2D eigenvalue weighted by molar-refractivity contribution is 0.510. The number of aliphatic imine (C=N–C) groups is 1. The maximum atomic E-state index is 5.30. The fourth-order valence-electron chi connectivity index (χ4n) is 2.00. The Hall–Kier alpha value is -2.24. The smallest absolute Gasteiger partial charge is 0.191 e. The van der Waals surface area contributed by atoms with E-state index in [0.717, 1.165) is 37.7 Å². The molecule has 2 aromatic heterocycles. The van der Waals surface area contributed by atoms with E-state index in [9.17, 15) is 0 Å². The summed E-state index contributed by atoms with van der Waals surface area (Å²) in [4.78, 5) is 4.54. The summed E-state index contributed by atoms with van der Waals surface area (Å²) in [5, 5.41) is 10.7. The van der Waals surface area contributed by atoms with Gasteiger partial charge in [-0.1, -0.05) is 0 Å². The lowest BCUT2D eigenvalue weighted by atomic mass is 10.2. The summed E-state index contributed by atoms with van der Waals surface area (Å²) in [6.07, 6.45) is 7.35. The number of hydrogen-bond acceptors (Lipinski definition) is 3. The minimum absolute atomic E-state index is 0.704. The molecule has 0 aliphatic carbocycles. The highest BCUT2D eigenvalue weighted by Gasteiger charge is 2.00. The van der Waals surface area contributed by atoms with Crippen LogP contribution in [-0.2, 0) is 19.9 Å². The minimum Gasteiger partial charge on any atom is -0.469 e. The molecule has 0 spiro atoms. The summed E-state index contributed by atoms with van der Waals surface area (Å²) in [5.41, 5.74) is 1.22. The second kappa shape index (κ2) is 8.14. The molecule has 2 rings (SSSR count). The van der Waals surface area contributed by atoms with Gasteiger partial charge in [-0.05, 0) is 31.0 Å². The molecular weight excluding hydrogens is 266 g/mol. The van der Waals surface area contributed by atoms with Gasteiger partial charge in [0.15, 0.2) is 5.96 Å². The zero-order valence-electron chi connectivity index (χ0n) is 12.7. The molecule has 6 nitrogen and oxygen atoms in total. The Morgan fingerprint density at radius 2 is 2.29 bits per heavy atom. The Kier molecular flexibility index (Phi) is 5.87. The Morgan fingerprint density at radius 1 is 1.38 bits per heavy atom. The molecule has 114 valence electrons. The number of nitrogens with one attached hydrogen (secondary N) is 2. The van der Waals surface area contributed by atoms with Crippen LogP contribution in [0.2, 0.25) is 0 Å². The van der Waals surface area contributed by atoms with Gasteiger partial charge in [-0.3, -0.25) is 9.67 Å². The average Bonchev–Trinajstić information content (AvgIpc) is 3.11. The van der Waals surface area contributed by atoms with Crippen molar-refractivity contribution in [1.82, 2.24) is 20.4 Å². The van der Waals surface area contributed by atoms with E-state index >= 15 is 0 Å². The SMILES string of the molecule is CCNC(=NCCc1ccco1)NCCc1cnn(C)c1. The first kappa shape index (κ1) is 15.2. The zero-order valence-corrected chi connectivity index (χ0v) is 12.7. The lowest BCUT2D eigenvalue weighted by Gasteiger charge is -2.10. The topological polar surface area (TPSA) is 67.4 Å². The molecule has 0 aromatic carbocycles. The third kappa shape index (κ3) is 5.33. The van der Waals surface area contributed by atoms with Crippen LogP contribution in [0.25, 0.3) is 0 Å². The van der Waals surface area contributed by atoms with E-state index in [4.69, 9.17) is 4.42 Å². The van der Waals surface area contributed by atoms with Gasteiger partial charge in [-0.25, -0.2) is 0 Å². The Morgan fingerprint density at radius 3 is 2.95 bits per heavy atom. The molecule has 0 amide bonds. The highest BCUT2D eigenvalue weighted by Crippen LogP contribution is 2.00. The van der Waals surface area contributed by atoms with E-state index in [1.54, 1.807) is 6.26 Å². The highest BCUT2D eigenvalue weighted by molar-refractivity contribution is 5.79. The van der Waals surface area contributed by atoms with Crippen LogP contribution in [0.5, 0.6) is 0 Å². The van der Waals surface area contributed by atoms with Crippen LogP contribution in [0.4, 0.5) is 0 Å². The van der Waals surface area contributed by atoms with Crippen molar-refractivity contribution < 1.29 is 4.42 Å². The Bertz CT molecular complexity index is 544. The summed E-state index contributed by atoms with van der Waals surface area (Å²) in [6.45, 7) is 4.44. The summed E-state index contributed by atoms with van der Waals surface area (Å²) < 4.78 is 7.11. The van der Waals surface area contributed by atoms with Crippen molar-refractivity contribution in [2.45, 2.75) is 19.8 Å². The van der Waals surface area contributed by atoms with E-state index in [0.29, 0.717) is 6.54 Å². The van der Waals surface area contributed by atoms with Gasteiger partial charge in [-0.2, -0.15) is 5.10 Å². The van der Waals surface area contributed by atoms with E-state index in [-0.39, 0.29) is 0 Å². The van der Waals surface area contributed by atoms with Gasteiger partial charge in [0.05, 0.1) is 12.5 Å². The molecule has 0 fully saturated rings. The molecule has 21 heavy (non-hydrogen) atoms. The van der Waals surface area contributed by atoms with E-state index in [1.807, 2.05) is 36.3 Å². The first-order chi connectivity index (χ1) is 10.3. The summed E-state index contributed by atoms with van der Waals surface area (Å²) in [5.74, 6) is 1.80. The first-order valence-corrected chi connectivity index (χ1v) is 7.30. The van der Waals surface area contributed by atoms with Gasteiger partial charge in [0.1, 0.15) is 5.76 Å².